The fraction of sp³-hybridized carbons (Fsp3) is 0.714. The van der Waals surface area contributed by atoms with Crippen molar-refractivity contribution in [3.05, 3.63) is 18.5 Å². The van der Waals surface area contributed by atoms with Gasteiger partial charge in [-0.05, 0) is 25.3 Å². The average Bonchev–Trinajstić information content (AvgIpc) is 2.48. The highest BCUT2D eigenvalue weighted by atomic mass is 16.5. The molecule has 2 atom stereocenters. The lowest BCUT2D eigenvalue weighted by atomic mass is 10.0. The summed E-state index contributed by atoms with van der Waals surface area (Å²) in [5.74, 6) is 0.841. The number of hydrogen-bond acceptors (Lipinski definition) is 5. The van der Waals surface area contributed by atoms with Crippen molar-refractivity contribution in [1.29, 1.82) is 0 Å². The van der Waals surface area contributed by atoms with E-state index in [-0.39, 0.29) is 0 Å². The van der Waals surface area contributed by atoms with Crippen molar-refractivity contribution in [3.8, 4) is 0 Å². The largest absolute Gasteiger partial charge is 0.383 e. The molecule has 106 valence electrons. The maximum absolute atomic E-state index is 5.25. The molecule has 2 rings (SSSR count). The van der Waals surface area contributed by atoms with Crippen molar-refractivity contribution in [2.75, 3.05) is 31.7 Å². The van der Waals surface area contributed by atoms with Gasteiger partial charge in [0, 0.05) is 44.7 Å². The van der Waals surface area contributed by atoms with Crippen LogP contribution in [0.15, 0.2) is 18.5 Å². The zero-order valence-corrected chi connectivity index (χ0v) is 11.9. The molecule has 0 saturated carbocycles. The van der Waals surface area contributed by atoms with Crippen molar-refractivity contribution in [3.63, 3.8) is 0 Å². The smallest absolute Gasteiger partial charge is 0.225 e. The molecule has 2 heterocycles. The number of rotatable bonds is 6. The fourth-order valence-electron chi connectivity index (χ4n) is 2.57. The van der Waals surface area contributed by atoms with Gasteiger partial charge in [-0.25, -0.2) is 9.97 Å². The summed E-state index contributed by atoms with van der Waals surface area (Å²) in [6.45, 7) is 4.99. The molecule has 5 heteroatoms. The summed E-state index contributed by atoms with van der Waals surface area (Å²) in [5.41, 5.74) is 0. The van der Waals surface area contributed by atoms with E-state index in [2.05, 4.69) is 27.1 Å². The highest BCUT2D eigenvalue weighted by Gasteiger charge is 2.23. The second-order valence-electron chi connectivity index (χ2n) is 5.06. The number of nitrogens with zero attached hydrogens (tertiary/aromatic N) is 3. The van der Waals surface area contributed by atoms with Gasteiger partial charge in [-0.1, -0.05) is 6.92 Å². The lowest BCUT2D eigenvalue weighted by molar-refractivity contribution is 0.156. The van der Waals surface area contributed by atoms with Gasteiger partial charge in [0.25, 0.3) is 0 Å². The van der Waals surface area contributed by atoms with Crippen LogP contribution in [0.2, 0.25) is 0 Å². The second-order valence-corrected chi connectivity index (χ2v) is 5.06. The van der Waals surface area contributed by atoms with Crippen molar-refractivity contribution < 1.29 is 4.74 Å². The Hall–Kier alpha value is -1.20. The quantitative estimate of drug-likeness (QED) is 0.843. The molecular formula is C14H24N4O. The summed E-state index contributed by atoms with van der Waals surface area (Å²) in [4.78, 5) is 10.9. The van der Waals surface area contributed by atoms with Gasteiger partial charge in [-0.15, -0.1) is 0 Å². The summed E-state index contributed by atoms with van der Waals surface area (Å²) in [6, 6.07) is 2.79. The van der Waals surface area contributed by atoms with Crippen LogP contribution in [0.1, 0.15) is 26.2 Å². The molecule has 1 N–H and O–H groups in total. The molecule has 19 heavy (non-hydrogen) atoms. The number of methoxy groups -OCH3 is 1. The average molecular weight is 264 g/mol. The number of nitrogens with one attached hydrogen (secondary N) is 1. The summed E-state index contributed by atoms with van der Waals surface area (Å²) in [5, 5.41) is 3.68. The summed E-state index contributed by atoms with van der Waals surface area (Å²) < 4.78 is 5.25. The summed E-state index contributed by atoms with van der Waals surface area (Å²) >= 11 is 0. The van der Waals surface area contributed by atoms with Crippen LogP contribution in [0.25, 0.3) is 0 Å². The van der Waals surface area contributed by atoms with Crippen molar-refractivity contribution >= 4 is 5.95 Å². The zero-order chi connectivity index (χ0) is 13.5. The minimum atomic E-state index is 0.437. The lowest BCUT2D eigenvalue weighted by Gasteiger charge is -2.35. The third-order valence-corrected chi connectivity index (χ3v) is 3.59. The fourth-order valence-corrected chi connectivity index (χ4v) is 2.57. The lowest BCUT2D eigenvalue weighted by Crippen LogP contribution is -2.50. The molecule has 1 aliphatic rings. The normalized spacial score (nSPS) is 21.4. The van der Waals surface area contributed by atoms with Crippen molar-refractivity contribution in [2.45, 2.75) is 38.3 Å². The van der Waals surface area contributed by atoms with E-state index >= 15 is 0 Å². The maximum Gasteiger partial charge on any atom is 0.225 e. The predicted molar refractivity (Wildman–Crippen MR) is 76.4 cm³/mol. The van der Waals surface area contributed by atoms with E-state index in [0.717, 1.165) is 32.1 Å². The molecule has 0 amide bonds. The van der Waals surface area contributed by atoms with Gasteiger partial charge in [-0.3, -0.25) is 0 Å². The van der Waals surface area contributed by atoms with Gasteiger partial charge >= 0.3 is 0 Å². The Morgan fingerprint density at radius 2 is 2.26 bits per heavy atom. The van der Waals surface area contributed by atoms with Crippen molar-refractivity contribution in [2.24, 2.45) is 0 Å². The first-order valence-corrected chi connectivity index (χ1v) is 7.10. The second kappa shape index (κ2) is 7.40. The van der Waals surface area contributed by atoms with Crippen LogP contribution < -0.4 is 10.2 Å². The molecule has 1 aliphatic heterocycles. The molecule has 1 aromatic rings. The zero-order valence-electron chi connectivity index (χ0n) is 11.9. The highest BCUT2D eigenvalue weighted by molar-refractivity contribution is 5.29. The van der Waals surface area contributed by atoms with Crippen LogP contribution in [-0.2, 0) is 4.74 Å². The van der Waals surface area contributed by atoms with E-state index in [1.54, 1.807) is 19.5 Å². The van der Waals surface area contributed by atoms with Crippen LogP contribution in [0.4, 0.5) is 5.95 Å². The molecule has 0 aliphatic carbocycles. The topological polar surface area (TPSA) is 50.3 Å². The molecule has 0 aromatic carbocycles. The van der Waals surface area contributed by atoms with E-state index in [1.165, 1.54) is 12.8 Å². The monoisotopic (exact) mass is 264 g/mol. The van der Waals surface area contributed by atoms with E-state index in [4.69, 9.17) is 4.74 Å². The SMILES string of the molecule is CCC(COC)NC1CCCN(c2ncccn2)C1. The van der Waals surface area contributed by atoms with Crippen LogP contribution in [0.5, 0.6) is 0 Å². The first kappa shape index (κ1) is 14.2. The Morgan fingerprint density at radius 3 is 2.95 bits per heavy atom. The van der Waals surface area contributed by atoms with Crippen LogP contribution in [-0.4, -0.2) is 48.9 Å². The Balaban J connectivity index is 1.90. The first-order valence-electron chi connectivity index (χ1n) is 7.10. The number of anilines is 1. The standard InChI is InChI=1S/C14H24N4O/c1-3-12(11-19-2)17-13-6-4-9-18(10-13)14-15-7-5-8-16-14/h5,7-8,12-13,17H,3-4,6,9-11H2,1-2H3. The number of aromatic nitrogens is 2. The highest BCUT2D eigenvalue weighted by Crippen LogP contribution is 2.15. The molecule has 1 aromatic heterocycles. The number of hydrogen-bond donors (Lipinski definition) is 1. The van der Waals surface area contributed by atoms with E-state index in [1.807, 2.05) is 6.07 Å². The predicted octanol–water partition coefficient (Wildman–Crippen LogP) is 1.46. The minimum absolute atomic E-state index is 0.437. The number of piperidine rings is 1. The molecule has 0 spiro atoms. The number of ether oxygens (including phenoxy) is 1. The van der Waals surface area contributed by atoms with Gasteiger partial charge in [0.1, 0.15) is 0 Å². The van der Waals surface area contributed by atoms with Gasteiger partial charge in [-0.2, -0.15) is 0 Å². The van der Waals surface area contributed by atoms with E-state index in [0.29, 0.717) is 12.1 Å². The van der Waals surface area contributed by atoms with Crippen molar-refractivity contribution in [1.82, 2.24) is 15.3 Å². The van der Waals surface area contributed by atoms with Gasteiger partial charge in [0.2, 0.25) is 5.95 Å². The summed E-state index contributed by atoms with van der Waals surface area (Å²) in [6.07, 6.45) is 7.09. The molecule has 1 fully saturated rings. The molecule has 0 bridgehead atoms. The van der Waals surface area contributed by atoms with Gasteiger partial charge < -0.3 is 15.0 Å². The van der Waals surface area contributed by atoms with Crippen LogP contribution in [0, 0.1) is 0 Å². The van der Waals surface area contributed by atoms with Crippen LogP contribution in [0.3, 0.4) is 0 Å². The summed E-state index contributed by atoms with van der Waals surface area (Å²) in [7, 11) is 1.76. The van der Waals surface area contributed by atoms with E-state index in [9.17, 15) is 0 Å². The Morgan fingerprint density at radius 1 is 1.47 bits per heavy atom. The Labute approximate surface area is 115 Å². The van der Waals surface area contributed by atoms with Gasteiger partial charge in [0.15, 0.2) is 0 Å². The Bertz CT molecular complexity index is 360. The first-order chi connectivity index (χ1) is 9.33. The third-order valence-electron chi connectivity index (χ3n) is 3.59. The minimum Gasteiger partial charge on any atom is -0.383 e. The van der Waals surface area contributed by atoms with Crippen LogP contribution >= 0.6 is 0 Å². The molecule has 2 unspecified atom stereocenters. The molecule has 5 nitrogen and oxygen atoms in total. The molecule has 0 radical (unpaired) electrons. The Kier molecular flexibility index (Phi) is 5.54. The third kappa shape index (κ3) is 4.14. The van der Waals surface area contributed by atoms with Gasteiger partial charge in [0.05, 0.1) is 6.61 Å². The van der Waals surface area contributed by atoms with E-state index < -0.39 is 0 Å². The molecule has 1 saturated heterocycles. The molecular weight excluding hydrogens is 240 g/mol. The maximum atomic E-state index is 5.25.